The first kappa shape index (κ1) is 19.8. The number of ether oxygens (including phenoxy) is 1. The molecule has 8 heteroatoms. The second-order valence-corrected chi connectivity index (χ2v) is 6.99. The van der Waals surface area contributed by atoms with Crippen LogP contribution in [0.25, 0.3) is 10.9 Å². The highest BCUT2D eigenvalue weighted by Gasteiger charge is 2.12. The van der Waals surface area contributed by atoms with Crippen LogP contribution in [0, 0.1) is 0 Å². The fraction of sp³-hybridized carbons (Fsp3) is 0.200. The number of benzene rings is 2. The molecule has 0 unspecified atom stereocenters. The monoisotopic (exact) mass is 443 g/mol. The number of halogens is 1. The number of carboxylic acids is 1. The molecule has 3 rings (SSSR count). The van der Waals surface area contributed by atoms with Crippen LogP contribution in [0.1, 0.15) is 25.2 Å². The maximum Gasteiger partial charge on any atom is 0.344 e. The molecule has 1 N–H and O–H groups in total. The average molecular weight is 444 g/mol. The van der Waals surface area contributed by atoms with E-state index in [1.165, 1.54) is 11.6 Å². The van der Waals surface area contributed by atoms with E-state index in [0.29, 0.717) is 28.9 Å². The Bertz CT molecular complexity index is 1110. The Labute approximate surface area is 169 Å². The van der Waals surface area contributed by atoms with Gasteiger partial charge < -0.3 is 9.84 Å². The topological polar surface area (TPSA) is 93.8 Å². The van der Waals surface area contributed by atoms with Crippen LogP contribution in [0.2, 0.25) is 0 Å². The lowest BCUT2D eigenvalue weighted by molar-refractivity contribution is -0.144. The molecule has 0 spiro atoms. The summed E-state index contributed by atoms with van der Waals surface area (Å²) in [6.45, 7) is 3.37. The van der Waals surface area contributed by atoms with Crippen molar-refractivity contribution in [2.75, 3.05) is 0 Å². The van der Waals surface area contributed by atoms with Crippen LogP contribution in [-0.2, 0) is 11.2 Å². The van der Waals surface area contributed by atoms with E-state index in [1.807, 2.05) is 13.0 Å². The van der Waals surface area contributed by atoms with E-state index in [-0.39, 0.29) is 5.56 Å². The minimum atomic E-state index is -1.03. The summed E-state index contributed by atoms with van der Waals surface area (Å²) in [5, 5.41) is 13.7. The Morgan fingerprint density at radius 3 is 2.68 bits per heavy atom. The molecule has 0 aliphatic heterocycles. The molecule has 0 bridgehead atoms. The summed E-state index contributed by atoms with van der Waals surface area (Å²) in [5.74, 6) is -0.0328. The molecule has 1 atom stereocenters. The lowest BCUT2D eigenvalue weighted by Crippen LogP contribution is -2.22. The fourth-order valence-corrected chi connectivity index (χ4v) is 2.92. The Morgan fingerprint density at radius 1 is 1.32 bits per heavy atom. The summed E-state index contributed by atoms with van der Waals surface area (Å²) in [6, 6.07) is 12.1. The first-order valence-corrected chi connectivity index (χ1v) is 9.43. The van der Waals surface area contributed by atoms with Crippen LogP contribution in [0.15, 0.2) is 56.8 Å². The van der Waals surface area contributed by atoms with Crippen molar-refractivity contribution >= 4 is 39.0 Å². The first-order chi connectivity index (χ1) is 13.4. The Kier molecular flexibility index (Phi) is 5.89. The first-order valence-electron chi connectivity index (χ1n) is 8.64. The van der Waals surface area contributed by atoms with E-state index in [0.717, 1.165) is 10.0 Å². The minimum absolute atomic E-state index is 0.241. The Hall–Kier alpha value is -3.00. The van der Waals surface area contributed by atoms with Gasteiger partial charge in [0.25, 0.3) is 5.56 Å². The van der Waals surface area contributed by atoms with Gasteiger partial charge in [0, 0.05) is 10.9 Å². The standard InChI is InChI=1S/C20H18BrN3O4/c1-3-18-23-17-9-6-14(21)10-16(17)19(25)24(18)22-11-13-4-7-15(8-5-13)28-12(2)20(26)27/h4-12H,3H2,1-2H3,(H,26,27)/t12-/m1/s1. The van der Waals surface area contributed by atoms with Crippen LogP contribution in [0.5, 0.6) is 5.75 Å². The van der Waals surface area contributed by atoms with Crippen molar-refractivity contribution in [2.24, 2.45) is 5.10 Å². The van der Waals surface area contributed by atoms with Crippen molar-refractivity contribution in [3.05, 3.63) is 68.7 Å². The molecular weight excluding hydrogens is 426 g/mol. The molecule has 2 aromatic carbocycles. The van der Waals surface area contributed by atoms with Crippen molar-refractivity contribution in [1.82, 2.24) is 9.66 Å². The summed E-state index contributed by atoms with van der Waals surface area (Å²) in [6.07, 6.45) is 1.17. The van der Waals surface area contributed by atoms with Gasteiger partial charge in [-0.3, -0.25) is 4.79 Å². The average Bonchev–Trinajstić information content (AvgIpc) is 2.68. The van der Waals surface area contributed by atoms with Gasteiger partial charge in [-0.05, 0) is 55.0 Å². The second-order valence-electron chi connectivity index (χ2n) is 6.07. The zero-order valence-electron chi connectivity index (χ0n) is 15.3. The summed E-state index contributed by atoms with van der Waals surface area (Å²) in [7, 11) is 0. The molecule has 1 aromatic heterocycles. The van der Waals surface area contributed by atoms with Crippen LogP contribution in [0.4, 0.5) is 0 Å². The maximum absolute atomic E-state index is 12.8. The molecule has 0 saturated carbocycles. The van der Waals surface area contributed by atoms with E-state index in [4.69, 9.17) is 9.84 Å². The van der Waals surface area contributed by atoms with E-state index in [1.54, 1.807) is 42.6 Å². The normalized spacial score (nSPS) is 12.4. The van der Waals surface area contributed by atoms with Crippen LogP contribution in [-0.4, -0.2) is 33.1 Å². The predicted molar refractivity (Wildman–Crippen MR) is 110 cm³/mol. The van der Waals surface area contributed by atoms with Gasteiger partial charge in [-0.15, -0.1) is 0 Å². The van der Waals surface area contributed by atoms with Gasteiger partial charge in [0.1, 0.15) is 11.6 Å². The van der Waals surface area contributed by atoms with Gasteiger partial charge in [0.05, 0.1) is 17.1 Å². The Morgan fingerprint density at radius 2 is 2.04 bits per heavy atom. The molecule has 1 heterocycles. The van der Waals surface area contributed by atoms with E-state index >= 15 is 0 Å². The van der Waals surface area contributed by atoms with Crippen molar-refractivity contribution in [3.8, 4) is 5.75 Å². The molecule has 0 radical (unpaired) electrons. The third-order valence-electron chi connectivity index (χ3n) is 4.05. The third-order valence-corrected chi connectivity index (χ3v) is 4.55. The summed E-state index contributed by atoms with van der Waals surface area (Å²) >= 11 is 3.37. The minimum Gasteiger partial charge on any atom is -0.479 e. The molecule has 3 aromatic rings. The van der Waals surface area contributed by atoms with E-state index in [2.05, 4.69) is 26.0 Å². The number of hydrogen-bond acceptors (Lipinski definition) is 5. The number of fused-ring (bicyclic) bond motifs is 1. The third kappa shape index (κ3) is 4.28. The maximum atomic E-state index is 12.8. The van der Waals surface area contributed by atoms with Crippen molar-refractivity contribution in [2.45, 2.75) is 26.4 Å². The Balaban J connectivity index is 1.91. The molecule has 0 aliphatic rings. The molecule has 28 heavy (non-hydrogen) atoms. The van der Waals surface area contributed by atoms with E-state index < -0.39 is 12.1 Å². The van der Waals surface area contributed by atoms with E-state index in [9.17, 15) is 9.59 Å². The SMILES string of the molecule is CCc1nc2ccc(Br)cc2c(=O)n1N=Cc1ccc(O[C@H](C)C(=O)O)cc1. The second kappa shape index (κ2) is 8.35. The smallest absolute Gasteiger partial charge is 0.344 e. The molecule has 144 valence electrons. The number of hydrogen-bond donors (Lipinski definition) is 1. The summed E-state index contributed by atoms with van der Waals surface area (Å²) in [4.78, 5) is 28.2. The van der Waals surface area contributed by atoms with Crippen LogP contribution >= 0.6 is 15.9 Å². The highest BCUT2D eigenvalue weighted by atomic mass is 79.9. The number of carbonyl (C=O) groups is 1. The molecule has 0 aliphatic carbocycles. The zero-order valence-corrected chi connectivity index (χ0v) is 16.9. The molecule has 7 nitrogen and oxygen atoms in total. The molecule has 0 amide bonds. The van der Waals surface area contributed by atoms with Crippen molar-refractivity contribution in [3.63, 3.8) is 0 Å². The highest BCUT2D eigenvalue weighted by Crippen LogP contribution is 2.16. The molecular formula is C20H18BrN3O4. The van der Waals surface area contributed by atoms with Gasteiger partial charge in [0.2, 0.25) is 0 Å². The van der Waals surface area contributed by atoms with Gasteiger partial charge in [-0.2, -0.15) is 9.78 Å². The quantitative estimate of drug-likeness (QED) is 0.588. The number of aliphatic carboxylic acids is 1. The number of nitrogens with zero attached hydrogens (tertiary/aromatic N) is 3. The van der Waals surface area contributed by atoms with Gasteiger partial charge >= 0.3 is 5.97 Å². The lowest BCUT2D eigenvalue weighted by atomic mass is 10.2. The lowest BCUT2D eigenvalue weighted by Gasteiger charge is -2.10. The van der Waals surface area contributed by atoms with Crippen LogP contribution in [0.3, 0.4) is 0 Å². The van der Waals surface area contributed by atoms with Crippen LogP contribution < -0.4 is 10.3 Å². The summed E-state index contributed by atoms with van der Waals surface area (Å²) < 4.78 is 7.39. The fourth-order valence-electron chi connectivity index (χ4n) is 2.55. The van der Waals surface area contributed by atoms with Gasteiger partial charge in [-0.25, -0.2) is 9.78 Å². The number of rotatable bonds is 6. The highest BCUT2D eigenvalue weighted by molar-refractivity contribution is 9.10. The largest absolute Gasteiger partial charge is 0.479 e. The summed E-state index contributed by atoms with van der Waals surface area (Å²) in [5.41, 5.74) is 1.12. The molecule has 0 saturated heterocycles. The van der Waals surface area contributed by atoms with Gasteiger partial charge in [0.15, 0.2) is 6.10 Å². The number of aromatic nitrogens is 2. The van der Waals surface area contributed by atoms with Crippen molar-refractivity contribution < 1.29 is 14.6 Å². The number of carboxylic acid groups (broad SMARTS) is 1. The van der Waals surface area contributed by atoms with Gasteiger partial charge in [-0.1, -0.05) is 22.9 Å². The van der Waals surface area contributed by atoms with Crippen molar-refractivity contribution in [1.29, 1.82) is 0 Å². The molecule has 0 fully saturated rings. The zero-order chi connectivity index (χ0) is 20.3. The number of aryl methyl sites for hydroxylation is 1. The predicted octanol–water partition coefficient (Wildman–Crippen LogP) is 3.46.